The third-order valence-electron chi connectivity index (χ3n) is 6.79. The first-order chi connectivity index (χ1) is 15.2. The van der Waals surface area contributed by atoms with E-state index >= 15 is 0 Å². The zero-order chi connectivity index (χ0) is 21.4. The smallest absolute Gasteiger partial charge is 0.258 e. The van der Waals surface area contributed by atoms with Gasteiger partial charge in [0, 0.05) is 24.3 Å². The molecule has 1 saturated carbocycles. The van der Waals surface area contributed by atoms with Crippen LogP contribution in [0.1, 0.15) is 62.0 Å². The van der Waals surface area contributed by atoms with Gasteiger partial charge in [0.05, 0.1) is 44.4 Å². The Morgan fingerprint density at radius 2 is 1.77 bits per heavy atom. The molecule has 0 radical (unpaired) electrons. The Balaban J connectivity index is 1.66. The maximum Gasteiger partial charge on any atom is 0.258 e. The molecule has 5 rings (SSSR count). The van der Waals surface area contributed by atoms with Gasteiger partial charge in [-0.1, -0.05) is 12.8 Å². The van der Waals surface area contributed by atoms with E-state index in [0.29, 0.717) is 23.1 Å². The standard InChI is InChI=1S/C22H28N6O3/c1-30-18-12-14-11-16(22(29)23-17(14)13-19(18)31-2)20(27-9-5-6-10-27)21-24-25-26-28(21)15-7-3-4-8-15/h11-13,15,20H,3-10H2,1-2H3,(H,23,29)/p+1/t20-/m0/s1. The largest absolute Gasteiger partial charge is 0.493 e. The Morgan fingerprint density at radius 1 is 1.06 bits per heavy atom. The molecule has 3 heterocycles. The minimum Gasteiger partial charge on any atom is -0.493 e. The van der Waals surface area contributed by atoms with E-state index in [1.807, 2.05) is 16.8 Å². The van der Waals surface area contributed by atoms with Crippen LogP contribution >= 0.6 is 0 Å². The molecule has 3 aromatic rings. The summed E-state index contributed by atoms with van der Waals surface area (Å²) in [5, 5.41) is 13.7. The van der Waals surface area contributed by atoms with Crippen LogP contribution in [0, 0.1) is 0 Å². The molecule has 0 amide bonds. The number of hydrogen-bond acceptors (Lipinski definition) is 6. The van der Waals surface area contributed by atoms with Gasteiger partial charge in [-0.25, -0.2) is 4.68 Å². The quantitative estimate of drug-likeness (QED) is 0.620. The molecule has 1 aliphatic carbocycles. The first-order valence-corrected chi connectivity index (χ1v) is 11.1. The Bertz CT molecular complexity index is 1130. The van der Waals surface area contributed by atoms with Crippen molar-refractivity contribution in [2.45, 2.75) is 50.6 Å². The lowest BCUT2D eigenvalue weighted by Gasteiger charge is -2.25. The molecule has 1 atom stereocenters. The molecule has 1 aromatic carbocycles. The average molecular weight is 426 g/mol. The Hall–Kier alpha value is -2.94. The molecule has 31 heavy (non-hydrogen) atoms. The predicted molar refractivity (Wildman–Crippen MR) is 115 cm³/mol. The maximum atomic E-state index is 13.3. The third kappa shape index (κ3) is 3.56. The second-order valence-electron chi connectivity index (χ2n) is 8.57. The number of methoxy groups -OCH3 is 2. The van der Waals surface area contributed by atoms with Crippen LogP contribution in [0.25, 0.3) is 10.9 Å². The summed E-state index contributed by atoms with van der Waals surface area (Å²) in [5.41, 5.74) is 1.31. The van der Waals surface area contributed by atoms with Gasteiger partial charge in [0.1, 0.15) is 0 Å². The first kappa shape index (κ1) is 20.0. The van der Waals surface area contributed by atoms with Crippen LogP contribution in [0.4, 0.5) is 0 Å². The van der Waals surface area contributed by atoms with Crippen molar-refractivity contribution in [2.24, 2.45) is 0 Å². The number of hydrogen-bond donors (Lipinski definition) is 2. The SMILES string of the molecule is COc1cc2cc([C@@H](c3nnnn3C3CCCC3)[NH+]3CCCC3)c(=O)[nH]c2cc1OC. The molecule has 0 bridgehead atoms. The zero-order valence-corrected chi connectivity index (χ0v) is 18.1. The Morgan fingerprint density at radius 3 is 2.48 bits per heavy atom. The van der Waals surface area contributed by atoms with Crippen molar-refractivity contribution in [1.82, 2.24) is 25.2 Å². The van der Waals surface area contributed by atoms with E-state index in [1.165, 1.54) is 17.7 Å². The lowest BCUT2D eigenvalue weighted by Crippen LogP contribution is -3.10. The fraction of sp³-hybridized carbons (Fsp3) is 0.545. The highest BCUT2D eigenvalue weighted by atomic mass is 16.5. The Labute approximate surface area is 180 Å². The number of nitrogens with one attached hydrogen (secondary N) is 2. The van der Waals surface area contributed by atoms with Crippen LogP contribution in [0.2, 0.25) is 0 Å². The minimum atomic E-state index is -0.195. The lowest BCUT2D eigenvalue weighted by atomic mass is 10.0. The second kappa shape index (κ2) is 8.30. The summed E-state index contributed by atoms with van der Waals surface area (Å²) in [6.45, 7) is 2.01. The topological polar surface area (TPSA) is 99.4 Å². The van der Waals surface area contributed by atoms with Crippen LogP contribution in [0.5, 0.6) is 11.5 Å². The summed E-state index contributed by atoms with van der Waals surface area (Å²) in [7, 11) is 3.20. The number of tetrazole rings is 1. The van der Waals surface area contributed by atoms with Crippen LogP contribution < -0.4 is 19.9 Å². The number of rotatable bonds is 6. The van der Waals surface area contributed by atoms with E-state index in [1.54, 1.807) is 20.3 Å². The van der Waals surface area contributed by atoms with Crippen molar-refractivity contribution in [3.05, 3.63) is 39.9 Å². The number of aromatic amines is 1. The maximum absolute atomic E-state index is 13.3. The zero-order valence-electron chi connectivity index (χ0n) is 18.1. The molecule has 1 aliphatic heterocycles. The fourth-order valence-corrected chi connectivity index (χ4v) is 5.22. The number of fused-ring (bicyclic) bond motifs is 1. The van der Waals surface area contributed by atoms with Crippen LogP contribution in [-0.2, 0) is 0 Å². The van der Waals surface area contributed by atoms with Crippen LogP contribution in [0.15, 0.2) is 23.0 Å². The summed E-state index contributed by atoms with van der Waals surface area (Å²) in [6, 6.07) is 5.81. The summed E-state index contributed by atoms with van der Waals surface area (Å²) in [6.07, 6.45) is 6.86. The van der Waals surface area contributed by atoms with Gasteiger partial charge in [0.2, 0.25) is 5.82 Å². The van der Waals surface area contributed by atoms with Gasteiger partial charge in [-0.3, -0.25) is 4.79 Å². The number of ether oxygens (including phenoxy) is 2. The van der Waals surface area contributed by atoms with Gasteiger partial charge in [0.15, 0.2) is 17.5 Å². The normalized spacial score (nSPS) is 18.6. The first-order valence-electron chi connectivity index (χ1n) is 11.1. The number of benzene rings is 1. The molecule has 0 spiro atoms. The van der Waals surface area contributed by atoms with Gasteiger partial charge in [0.25, 0.3) is 5.56 Å². The summed E-state index contributed by atoms with van der Waals surface area (Å²) in [5.74, 6) is 2.02. The number of aromatic nitrogens is 5. The second-order valence-corrected chi connectivity index (χ2v) is 8.57. The van der Waals surface area contributed by atoms with E-state index in [2.05, 4.69) is 20.5 Å². The van der Waals surface area contributed by atoms with Crippen molar-refractivity contribution < 1.29 is 14.4 Å². The highest BCUT2D eigenvalue weighted by Crippen LogP contribution is 2.33. The molecule has 0 unspecified atom stereocenters. The molecule has 1 saturated heterocycles. The average Bonchev–Trinajstić information content (AvgIpc) is 3.55. The van der Waals surface area contributed by atoms with Crippen molar-refractivity contribution in [2.75, 3.05) is 27.3 Å². The van der Waals surface area contributed by atoms with Crippen LogP contribution in [-0.4, -0.2) is 52.5 Å². The molecule has 164 valence electrons. The number of H-pyrrole nitrogens is 1. The van der Waals surface area contributed by atoms with Crippen molar-refractivity contribution in [3.8, 4) is 11.5 Å². The number of nitrogens with zero attached hydrogens (tertiary/aromatic N) is 4. The van der Waals surface area contributed by atoms with E-state index < -0.39 is 0 Å². The van der Waals surface area contributed by atoms with E-state index in [9.17, 15) is 4.79 Å². The highest BCUT2D eigenvalue weighted by molar-refractivity contribution is 5.83. The number of pyridine rings is 1. The monoisotopic (exact) mass is 425 g/mol. The summed E-state index contributed by atoms with van der Waals surface area (Å²) < 4.78 is 12.9. The van der Waals surface area contributed by atoms with Gasteiger partial charge in [-0.15, -0.1) is 5.10 Å². The molecular weight excluding hydrogens is 396 g/mol. The molecule has 2 N–H and O–H groups in total. The van der Waals surface area contributed by atoms with Crippen molar-refractivity contribution in [1.29, 1.82) is 0 Å². The van der Waals surface area contributed by atoms with E-state index in [-0.39, 0.29) is 11.6 Å². The third-order valence-corrected chi connectivity index (χ3v) is 6.79. The molecule has 2 aliphatic rings. The van der Waals surface area contributed by atoms with E-state index in [0.717, 1.165) is 55.5 Å². The van der Waals surface area contributed by atoms with Gasteiger partial charge in [-0.2, -0.15) is 0 Å². The van der Waals surface area contributed by atoms with Crippen molar-refractivity contribution >= 4 is 10.9 Å². The molecular formula is C22H29N6O3+. The minimum absolute atomic E-state index is 0.106. The summed E-state index contributed by atoms with van der Waals surface area (Å²) >= 11 is 0. The molecule has 2 aromatic heterocycles. The number of quaternary nitrogens is 1. The molecule has 2 fully saturated rings. The van der Waals surface area contributed by atoms with Gasteiger partial charge >= 0.3 is 0 Å². The number of likely N-dealkylation sites (tertiary alicyclic amines) is 1. The lowest BCUT2D eigenvalue weighted by molar-refractivity contribution is -0.914. The fourth-order valence-electron chi connectivity index (χ4n) is 5.22. The summed E-state index contributed by atoms with van der Waals surface area (Å²) in [4.78, 5) is 17.7. The predicted octanol–water partition coefficient (Wildman–Crippen LogP) is 1.41. The van der Waals surface area contributed by atoms with Gasteiger partial charge in [-0.05, 0) is 35.4 Å². The van der Waals surface area contributed by atoms with Crippen molar-refractivity contribution in [3.63, 3.8) is 0 Å². The van der Waals surface area contributed by atoms with Gasteiger partial charge < -0.3 is 19.4 Å². The highest BCUT2D eigenvalue weighted by Gasteiger charge is 2.37. The van der Waals surface area contributed by atoms with Crippen LogP contribution in [0.3, 0.4) is 0 Å². The molecule has 9 heteroatoms. The van der Waals surface area contributed by atoms with E-state index in [4.69, 9.17) is 9.47 Å². The molecule has 9 nitrogen and oxygen atoms in total. The Kier molecular flexibility index (Phi) is 5.35.